The van der Waals surface area contributed by atoms with Gasteiger partial charge in [-0.1, -0.05) is 31.9 Å². The van der Waals surface area contributed by atoms with Gasteiger partial charge in [-0.05, 0) is 74.7 Å². The van der Waals surface area contributed by atoms with Gasteiger partial charge in [-0.3, -0.25) is 25.2 Å². The summed E-state index contributed by atoms with van der Waals surface area (Å²) in [5, 5.41) is 11.7. The van der Waals surface area contributed by atoms with Gasteiger partial charge in [0.05, 0.1) is 17.4 Å². The maximum absolute atomic E-state index is 13.0. The minimum atomic E-state index is -0.928. The van der Waals surface area contributed by atoms with E-state index in [0.29, 0.717) is 11.5 Å². The second kappa shape index (κ2) is 8.32. The monoisotopic (exact) mass is 458 g/mol. The second-order valence-electron chi connectivity index (χ2n) is 10.9. The minimum absolute atomic E-state index is 0.0498. The molecular formula is C25H34N2O4S. The number of allylic oxidation sites excluding steroid dienone is 2. The highest BCUT2D eigenvalue weighted by atomic mass is 32.1. The molecule has 0 saturated heterocycles. The van der Waals surface area contributed by atoms with Crippen LogP contribution in [0.25, 0.3) is 0 Å². The van der Waals surface area contributed by atoms with Crippen LogP contribution in [0.1, 0.15) is 74.7 Å². The van der Waals surface area contributed by atoms with Crippen molar-refractivity contribution in [2.24, 2.45) is 35.0 Å². The lowest BCUT2D eigenvalue weighted by molar-refractivity contribution is -0.149. The number of carbonyl (C=O) groups excluding carboxylic acids is 2. The minimum Gasteiger partial charge on any atom is -0.481 e. The molecule has 2 amide bonds. The average molecular weight is 459 g/mol. The predicted octanol–water partition coefficient (Wildman–Crippen LogP) is 4.35. The summed E-state index contributed by atoms with van der Waals surface area (Å²) in [4.78, 5) is 39.1. The van der Waals surface area contributed by atoms with Crippen LogP contribution in [0.5, 0.6) is 0 Å². The van der Waals surface area contributed by atoms with E-state index in [0.717, 1.165) is 48.8 Å². The first-order chi connectivity index (χ1) is 15.0. The van der Waals surface area contributed by atoms with Gasteiger partial charge in [-0.25, -0.2) is 0 Å². The molecule has 2 saturated carbocycles. The quantitative estimate of drug-likeness (QED) is 0.463. The lowest BCUT2D eigenvalue weighted by Gasteiger charge is -2.34. The number of aliphatic carboxylic acids is 1. The van der Waals surface area contributed by atoms with Crippen LogP contribution in [0.2, 0.25) is 0 Å². The number of nitrogens with one attached hydrogen (secondary N) is 2. The molecule has 4 rings (SSSR count). The first-order valence-corrected chi connectivity index (χ1v) is 12.5. The Morgan fingerprint density at radius 1 is 1.03 bits per heavy atom. The van der Waals surface area contributed by atoms with Crippen LogP contribution in [-0.2, 0) is 22.4 Å². The average Bonchev–Trinajstić information content (AvgIpc) is 3.41. The third-order valence-corrected chi connectivity index (χ3v) is 8.98. The van der Waals surface area contributed by atoms with E-state index in [-0.39, 0.29) is 23.2 Å². The van der Waals surface area contributed by atoms with E-state index in [1.807, 2.05) is 19.2 Å². The van der Waals surface area contributed by atoms with Crippen LogP contribution in [0, 0.1) is 35.0 Å². The summed E-state index contributed by atoms with van der Waals surface area (Å²) in [6, 6.07) is 0. The standard InChI is InChI=1S/C25H34N2O4S/c1-12(2)19-15-8-9-16(19)21(24(30)31)20(15)23(29)27-26-22(28)17-11-32-18-10-13(25(3,4)5)6-7-14(17)18/h11,13,15-16,20-21H,6-10H2,1-5H3,(H,26,28)(H,27,29)(H,30,31)/t13-,15-,16-,20+,21-/m0/s1. The Morgan fingerprint density at radius 3 is 2.28 bits per heavy atom. The second-order valence-corrected chi connectivity index (χ2v) is 11.9. The highest BCUT2D eigenvalue weighted by Crippen LogP contribution is 2.57. The molecule has 0 aliphatic heterocycles. The van der Waals surface area contributed by atoms with Crippen LogP contribution in [0.15, 0.2) is 16.5 Å². The molecule has 1 aromatic heterocycles. The topological polar surface area (TPSA) is 95.5 Å². The zero-order chi connectivity index (χ0) is 23.4. The first-order valence-electron chi connectivity index (χ1n) is 11.6. The van der Waals surface area contributed by atoms with E-state index in [1.165, 1.54) is 4.88 Å². The lowest BCUT2D eigenvalue weighted by Crippen LogP contribution is -2.48. The lowest BCUT2D eigenvalue weighted by atomic mass is 9.72. The van der Waals surface area contributed by atoms with Crippen molar-refractivity contribution in [1.29, 1.82) is 0 Å². The smallest absolute Gasteiger partial charge is 0.307 e. The molecule has 3 N–H and O–H groups in total. The Hall–Kier alpha value is -2.15. The number of rotatable bonds is 3. The zero-order valence-electron chi connectivity index (χ0n) is 19.6. The van der Waals surface area contributed by atoms with Gasteiger partial charge < -0.3 is 5.11 Å². The molecule has 32 heavy (non-hydrogen) atoms. The normalized spacial score (nSPS) is 28.9. The van der Waals surface area contributed by atoms with Crippen LogP contribution >= 0.6 is 11.3 Å². The van der Waals surface area contributed by atoms with Crippen LogP contribution in [-0.4, -0.2) is 22.9 Å². The third kappa shape index (κ3) is 3.89. The number of fused-ring (bicyclic) bond motifs is 3. The number of amides is 2. The molecule has 2 fully saturated rings. The van der Waals surface area contributed by atoms with Crippen LogP contribution in [0.4, 0.5) is 0 Å². The van der Waals surface area contributed by atoms with Gasteiger partial charge in [-0.15, -0.1) is 11.3 Å². The molecule has 2 bridgehead atoms. The highest BCUT2D eigenvalue weighted by Gasteiger charge is 2.57. The number of carboxylic acids is 1. The van der Waals surface area contributed by atoms with Crippen molar-refractivity contribution >= 4 is 29.1 Å². The summed E-state index contributed by atoms with van der Waals surface area (Å²) in [6.07, 6.45) is 4.55. The molecular weight excluding hydrogens is 424 g/mol. The summed E-state index contributed by atoms with van der Waals surface area (Å²) >= 11 is 1.62. The van der Waals surface area contributed by atoms with Gasteiger partial charge in [0.25, 0.3) is 5.91 Å². The molecule has 3 aliphatic carbocycles. The van der Waals surface area contributed by atoms with Crippen molar-refractivity contribution < 1.29 is 19.5 Å². The Bertz CT molecular complexity index is 983. The van der Waals surface area contributed by atoms with Crippen LogP contribution < -0.4 is 10.9 Å². The molecule has 5 atom stereocenters. The SMILES string of the molecule is CC(C)=C1[C@@H]2CC[C@@H]1[C@@H](C(=O)NNC(=O)c1csc3c1CC[C@H](C(C)(C)C)C3)[C@H]2C(=O)O. The van der Waals surface area contributed by atoms with Crippen molar-refractivity contribution in [3.05, 3.63) is 32.5 Å². The summed E-state index contributed by atoms with van der Waals surface area (Å²) in [6.45, 7) is 10.8. The molecule has 0 aromatic carbocycles. The predicted molar refractivity (Wildman–Crippen MR) is 124 cm³/mol. The number of carbonyl (C=O) groups is 3. The number of hydrogen-bond donors (Lipinski definition) is 3. The van der Waals surface area contributed by atoms with E-state index >= 15 is 0 Å². The molecule has 6 nitrogen and oxygen atoms in total. The molecule has 0 unspecified atom stereocenters. The zero-order valence-corrected chi connectivity index (χ0v) is 20.4. The van der Waals surface area contributed by atoms with Crippen LogP contribution in [0.3, 0.4) is 0 Å². The molecule has 0 spiro atoms. The Labute approximate surface area is 193 Å². The fourth-order valence-electron chi connectivity index (χ4n) is 6.32. The van der Waals surface area contributed by atoms with Gasteiger partial charge in [0.1, 0.15) is 0 Å². The Kier molecular flexibility index (Phi) is 5.99. The molecule has 1 heterocycles. The van der Waals surface area contributed by atoms with Crippen molar-refractivity contribution in [1.82, 2.24) is 10.9 Å². The van der Waals surface area contributed by atoms with E-state index in [1.54, 1.807) is 11.3 Å². The number of hydrazine groups is 1. The number of thiophene rings is 1. The van der Waals surface area contributed by atoms with E-state index in [2.05, 4.69) is 31.6 Å². The van der Waals surface area contributed by atoms with E-state index in [9.17, 15) is 19.5 Å². The fraction of sp³-hybridized carbons (Fsp3) is 0.640. The molecule has 3 aliphatic rings. The Balaban J connectivity index is 1.44. The molecule has 1 aromatic rings. The van der Waals surface area contributed by atoms with Gasteiger partial charge in [0, 0.05) is 10.3 Å². The summed E-state index contributed by atoms with van der Waals surface area (Å²) < 4.78 is 0. The molecule has 7 heteroatoms. The summed E-state index contributed by atoms with van der Waals surface area (Å²) in [5.41, 5.74) is 9.34. The molecule has 0 radical (unpaired) electrons. The van der Waals surface area contributed by atoms with Gasteiger partial charge in [0.2, 0.25) is 5.91 Å². The highest BCUT2D eigenvalue weighted by molar-refractivity contribution is 7.10. The van der Waals surface area contributed by atoms with Crippen molar-refractivity contribution in [3.8, 4) is 0 Å². The maximum atomic E-state index is 13.0. The number of hydrogen-bond acceptors (Lipinski definition) is 4. The molecule has 174 valence electrons. The van der Waals surface area contributed by atoms with Gasteiger partial charge in [-0.2, -0.15) is 0 Å². The number of carboxylic acid groups (broad SMARTS) is 1. The summed E-state index contributed by atoms with van der Waals surface area (Å²) in [5.74, 6) is -2.53. The van der Waals surface area contributed by atoms with Crippen molar-refractivity contribution in [3.63, 3.8) is 0 Å². The van der Waals surface area contributed by atoms with Crippen molar-refractivity contribution in [2.45, 2.75) is 66.7 Å². The first kappa shape index (κ1) is 23.0. The van der Waals surface area contributed by atoms with E-state index in [4.69, 9.17) is 0 Å². The maximum Gasteiger partial charge on any atom is 0.307 e. The van der Waals surface area contributed by atoms with Gasteiger partial charge >= 0.3 is 5.97 Å². The summed E-state index contributed by atoms with van der Waals surface area (Å²) in [7, 11) is 0. The largest absolute Gasteiger partial charge is 0.481 e. The van der Waals surface area contributed by atoms with E-state index < -0.39 is 23.7 Å². The van der Waals surface area contributed by atoms with Crippen molar-refractivity contribution in [2.75, 3.05) is 0 Å². The van der Waals surface area contributed by atoms with Gasteiger partial charge in [0.15, 0.2) is 0 Å². The Morgan fingerprint density at radius 2 is 1.69 bits per heavy atom. The third-order valence-electron chi connectivity index (χ3n) is 7.93. The fourth-order valence-corrected chi connectivity index (χ4v) is 7.48.